The molecule has 0 saturated heterocycles. The molecule has 0 atom stereocenters. The molecule has 1 rings (SSSR count). The summed E-state index contributed by atoms with van der Waals surface area (Å²) in [5.74, 6) is 0.0172. The van der Waals surface area contributed by atoms with Gasteiger partial charge in [0.2, 0.25) is 8.32 Å². The number of hydrogen-bond acceptors (Lipinski definition) is 2. The fourth-order valence-corrected chi connectivity index (χ4v) is 10.1. The number of carbonyl (C=O) groups is 1. The van der Waals surface area contributed by atoms with E-state index in [0.29, 0.717) is 23.2 Å². The molecule has 1 aromatic carbocycles. The predicted octanol–water partition coefficient (Wildman–Crippen LogP) is 6.39. The molecule has 5 heteroatoms. The molecule has 0 N–H and O–H groups in total. The molecule has 0 fully saturated rings. The number of benzene rings is 1. The Morgan fingerprint density at radius 1 is 1.12 bits per heavy atom. The smallest absolute Gasteiger partial charge is 0.253 e. The molecule has 0 unspecified atom stereocenters. The number of nitrogens with zero attached hydrogens (tertiary/aromatic N) is 1. The van der Waals surface area contributed by atoms with Gasteiger partial charge in [-0.25, -0.2) is 0 Å². The molecule has 1 amide bonds. The quantitative estimate of drug-likeness (QED) is 0.242. The van der Waals surface area contributed by atoms with Crippen molar-refractivity contribution < 1.29 is 9.22 Å². The van der Waals surface area contributed by atoms with Crippen LogP contribution in [0.15, 0.2) is 35.9 Å². The lowest BCUT2D eigenvalue weighted by atomic mass is 10.2. The van der Waals surface area contributed by atoms with Crippen molar-refractivity contribution in [1.29, 1.82) is 0 Å². The molecule has 3 nitrogen and oxygen atoms in total. The Kier molecular flexibility index (Phi) is 9.03. The predicted molar refractivity (Wildman–Crippen MR) is 123 cm³/mol. The summed E-state index contributed by atoms with van der Waals surface area (Å²) in [6.45, 7) is 16.0. The maximum atomic E-state index is 12.8. The second-order valence-electron chi connectivity index (χ2n) is 7.83. The molecule has 146 valence electrons. The van der Waals surface area contributed by atoms with E-state index < -0.39 is 8.32 Å². The van der Waals surface area contributed by atoms with Crippen LogP contribution in [0.5, 0.6) is 0 Å². The van der Waals surface area contributed by atoms with Crippen LogP contribution in [0.4, 0.5) is 5.69 Å². The molecule has 0 aliphatic carbocycles. The Morgan fingerprint density at radius 3 is 2.08 bits per heavy atom. The van der Waals surface area contributed by atoms with Crippen molar-refractivity contribution in [2.24, 2.45) is 0 Å². The molecule has 0 saturated carbocycles. The van der Waals surface area contributed by atoms with Crippen molar-refractivity contribution >= 4 is 42.5 Å². The topological polar surface area (TPSA) is 29.5 Å². The zero-order valence-electron chi connectivity index (χ0n) is 17.5. The lowest BCUT2D eigenvalue weighted by Crippen LogP contribution is -2.47. The largest absolute Gasteiger partial charge is 0.412 e. The fraction of sp³-hybridized carbons (Fsp3) is 0.571. The SMILES string of the molecule is C/C(=C\CO[Si](C(C)C)(C(C)C)C(C)C)C(=O)N(C)c1ccccc1I. The molecule has 0 bridgehead atoms. The van der Waals surface area contributed by atoms with Gasteiger partial charge in [-0.05, 0) is 58.3 Å². The molecule has 0 aliphatic rings. The Balaban J connectivity index is 2.90. The van der Waals surface area contributed by atoms with Gasteiger partial charge in [0.25, 0.3) is 5.91 Å². The van der Waals surface area contributed by atoms with Gasteiger partial charge < -0.3 is 9.33 Å². The van der Waals surface area contributed by atoms with Crippen LogP contribution in [-0.4, -0.2) is 27.9 Å². The molecular weight excluding hydrogens is 453 g/mol. The molecular formula is C21H34INO2Si. The first kappa shape index (κ1) is 23.4. The average molecular weight is 487 g/mol. The number of amides is 1. The van der Waals surface area contributed by atoms with Gasteiger partial charge in [0.05, 0.1) is 12.3 Å². The van der Waals surface area contributed by atoms with E-state index in [9.17, 15) is 4.79 Å². The summed E-state index contributed by atoms with van der Waals surface area (Å²) >= 11 is 2.26. The molecule has 0 aliphatic heterocycles. The maximum Gasteiger partial charge on any atom is 0.253 e. The molecule has 26 heavy (non-hydrogen) atoms. The van der Waals surface area contributed by atoms with Gasteiger partial charge in [0.15, 0.2) is 0 Å². The van der Waals surface area contributed by atoms with Gasteiger partial charge >= 0.3 is 0 Å². The average Bonchev–Trinajstić information content (AvgIpc) is 2.56. The third-order valence-electron chi connectivity index (χ3n) is 5.29. The summed E-state index contributed by atoms with van der Waals surface area (Å²) in [7, 11) is -0.0731. The van der Waals surface area contributed by atoms with E-state index in [1.54, 1.807) is 4.90 Å². The number of carbonyl (C=O) groups excluding carboxylic acids is 1. The van der Waals surface area contributed by atoms with E-state index in [1.165, 1.54) is 0 Å². The maximum absolute atomic E-state index is 12.8. The highest BCUT2D eigenvalue weighted by molar-refractivity contribution is 14.1. The second kappa shape index (κ2) is 10.0. The number of anilines is 1. The van der Waals surface area contributed by atoms with Crippen LogP contribution >= 0.6 is 22.6 Å². The fourth-order valence-electron chi connectivity index (χ4n) is 4.00. The van der Waals surface area contributed by atoms with Crippen LogP contribution in [0.1, 0.15) is 48.5 Å². The van der Waals surface area contributed by atoms with Gasteiger partial charge in [0, 0.05) is 16.2 Å². The Bertz CT molecular complexity index is 619. The summed E-state index contributed by atoms with van der Waals surface area (Å²) in [5, 5.41) is 0. The number of para-hydroxylation sites is 1. The lowest BCUT2D eigenvalue weighted by molar-refractivity contribution is -0.114. The molecule has 0 radical (unpaired) electrons. The number of likely N-dealkylation sites (N-methyl/N-ethyl adjacent to an activating group) is 1. The first-order valence-corrected chi connectivity index (χ1v) is 12.6. The van der Waals surface area contributed by atoms with Gasteiger partial charge in [-0.1, -0.05) is 59.8 Å². The Hall–Kier alpha value is -0.663. The van der Waals surface area contributed by atoms with Crippen molar-refractivity contribution in [2.75, 3.05) is 18.6 Å². The zero-order chi connectivity index (χ0) is 20.1. The highest BCUT2D eigenvalue weighted by Gasteiger charge is 2.44. The van der Waals surface area contributed by atoms with E-state index in [-0.39, 0.29) is 5.91 Å². The second-order valence-corrected chi connectivity index (χ2v) is 14.5. The lowest BCUT2D eigenvalue weighted by Gasteiger charge is -2.42. The van der Waals surface area contributed by atoms with Crippen molar-refractivity contribution in [3.8, 4) is 0 Å². The summed E-state index contributed by atoms with van der Waals surface area (Å²) < 4.78 is 7.60. The first-order chi connectivity index (χ1) is 12.1. The minimum Gasteiger partial charge on any atom is -0.412 e. The zero-order valence-corrected chi connectivity index (χ0v) is 20.6. The monoisotopic (exact) mass is 487 g/mol. The van der Waals surface area contributed by atoms with Gasteiger partial charge in [-0.2, -0.15) is 0 Å². The minimum absolute atomic E-state index is 0.0172. The van der Waals surface area contributed by atoms with E-state index in [1.807, 2.05) is 44.3 Å². The highest BCUT2D eigenvalue weighted by atomic mass is 127. The third kappa shape index (κ3) is 5.20. The van der Waals surface area contributed by atoms with Crippen LogP contribution in [0.3, 0.4) is 0 Å². The standard InChI is InChI=1S/C21H34INO2Si/c1-15(2)26(16(3)4,17(5)6)25-14-13-18(7)21(24)23(8)20-12-10-9-11-19(20)22/h9-13,15-17H,14H2,1-8H3/b18-13+. The molecule has 0 spiro atoms. The Labute approximate surface area is 174 Å². The van der Waals surface area contributed by atoms with Crippen molar-refractivity contribution in [1.82, 2.24) is 0 Å². The van der Waals surface area contributed by atoms with Crippen molar-refractivity contribution in [2.45, 2.75) is 65.1 Å². The van der Waals surface area contributed by atoms with Crippen LogP contribution in [-0.2, 0) is 9.22 Å². The summed E-state index contributed by atoms with van der Waals surface area (Å²) in [6.07, 6.45) is 1.95. The normalized spacial score (nSPS) is 13.0. The molecule has 1 aromatic rings. The number of hydrogen-bond donors (Lipinski definition) is 0. The van der Waals surface area contributed by atoms with Crippen LogP contribution in [0.2, 0.25) is 16.6 Å². The van der Waals surface area contributed by atoms with E-state index >= 15 is 0 Å². The number of halogens is 1. The summed E-state index contributed by atoms with van der Waals surface area (Å²) in [5.41, 5.74) is 3.29. The summed E-state index contributed by atoms with van der Waals surface area (Å²) in [4.78, 5) is 14.5. The van der Waals surface area contributed by atoms with Crippen LogP contribution < -0.4 is 4.90 Å². The van der Waals surface area contributed by atoms with Gasteiger partial charge in [0.1, 0.15) is 0 Å². The van der Waals surface area contributed by atoms with Gasteiger partial charge in [-0.15, -0.1) is 0 Å². The van der Waals surface area contributed by atoms with Gasteiger partial charge in [-0.3, -0.25) is 4.79 Å². The molecule has 0 heterocycles. The highest BCUT2D eigenvalue weighted by Crippen LogP contribution is 2.42. The molecule has 0 aromatic heterocycles. The third-order valence-corrected chi connectivity index (χ3v) is 12.3. The van der Waals surface area contributed by atoms with Crippen molar-refractivity contribution in [3.63, 3.8) is 0 Å². The van der Waals surface area contributed by atoms with E-state index in [4.69, 9.17) is 4.43 Å². The van der Waals surface area contributed by atoms with Crippen LogP contribution in [0.25, 0.3) is 0 Å². The Morgan fingerprint density at radius 2 is 1.62 bits per heavy atom. The first-order valence-electron chi connectivity index (χ1n) is 9.38. The minimum atomic E-state index is -1.90. The van der Waals surface area contributed by atoms with Crippen molar-refractivity contribution in [3.05, 3.63) is 39.5 Å². The van der Waals surface area contributed by atoms with E-state index in [0.717, 1.165) is 14.8 Å². The summed E-state index contributed by atoms with van der Waals surface area (Å²) in [6, 6.07) is 7.92. The van der Waals surface area contributed by atoms with E-state index in [2.05, 4.69) is 64.1 Å². The van der Waals surface area contributed by atoms with Crippen LogP contribution in [0, 0.1) is 3.57 Å². The number of rotatable bonds is 8.